The summed E-state index contributed by atoms with van der Waals surface area (Å²) in [4.78, 5) is 30.6. The third kappa shape index (κ3) is 5.31. The van der Waals surface area contributed by atoms with Crippen LogP contribution in [0.25, 0.3) is 0 Å². The molecule has 0 aromatic heterocycles. The lowest BCUT2D eigenvalue weighted by molar-refractivity contribution is -0.0963. The second kappa shape index (κ2) is 8.09. The highest BCUT2D eigenvalue weighted by atomic mass is 32.3. The highest BCUT2D eigenvalue weighted by Crippen LogP contribution is 2.59. The molecule has 3 aliphatic rings. The fourth-order valence-corrected chi connectivity index (χ4v) is 4.26. The number of hydroxylamine groups is 3. The predicted octanol–water partition coefficient (Wildman–Crippen LogP) is -0.256. The highest BCUT2D eigenvalue weighted by Gasteiger charge is 2.64. The molecule has 3 amide bonds. The van der Waals surface area contributed by atoms with Crippen molar-refractivity contribution in [1.29, 1.82) is 0 Å². The molecule has 3 rings (SSSR count). The second-order valence-electron chi connectivity index (χ2n) is 8.75. The van der Waals surface area contributed by atoms with E-state index < -0.39 is 46.4 Å². The number of amides is 3. The first-order valence-corrected chi connectivity index (χ1v) is 11.0. The third-order valence-corrected chi connectivity index (χ3v) is 5.67. The molecule has 30 heavy (non-hydrogen) atoms. The van der Waals surface area contributed by atoms with E-state index in [1.165, 1.54) is 4.90 Å². The number of aliphatic hydroxyl groups excluding tert-OH is 1. The zero-order chi connectivity index (χ0) is 22.3. The van der Waals surface area contributed by atoms with Gasteiger partial charge < -0.3 is 20.1 Å². The fourth-order valence-electron chi connectivity index (χ4n) is 3.89. The molecule has 13 nitrogen and oxygen atoms in total. The average Bonchev–Trinajstić information content (AvgIpc) is 3.30. The molecule has 1 saturated carbocycles. The smallest absolute Gasteiger partial charge is 0.418 e. The van der Waals surface area contributed by atoms with Crippen molar-refractivity contribution < 1.29 is 41.5 Å². The largest absolute Gasteiger partial charge is 0.444 e. The summed E-state index contributed by atoms with van der Waals surface area (Å²) in [7, 11) is -4.85. The number of urea groups is 1. The van der Waals surface area contributed by atoms with E-state index in [9.17, 15) is 23.1 Å². The SMILES string of the molecule is CC(C)(C)OC(=O)NCCONC(O)C1CC2(CC2)C2CN1C(=O)N2OS(=O)(=O)O. The van der Waals surface area contributed by atoms with Crippen molar-refractivity contribution in [3.8, 4) is 0 Å². The van der Waals surface area contributed by atoms with Gasteiger partial charge in [0.05, 0.1) is 18.7 Å². The van der Waals surface area contributed by atoms with Gasteiger partial charge >= 0.3 is 22.5 Å². The Morgan fingerprint density at radius 1 is 1.37 bits per heavy atom. The number of nitrogens with one attached hydrogen (secondary N) is 2. The van der Waals surface area contributed by atoms with Crippen LogP contribution in [0.2, 0.25) is 0 Å². The monoisotopic (exact) mass is 452 g/mol. The van der Waals surface area contributed by atoms with E-state index >= 15 is 0 Å². The number of fused-ring (bicyclic) bond motifs is 3. The van der Waals surface area contributed by atoms with Gasteiger partial charge in [0.15, 0.2) is 0 Å². The highest BCUT2D eigenvalue weighted by molar-refractivity contribution is 7.80. The molecule has 0 aromatic carbocycles. The molecule has 2 heterocycles. The predicted molar refractivity (Wildman–Crippen MR) is 99.8 cm³/mol. The molecule has 3 fully saturated rings. The number of piperidine rings is 1. The fraction of sp³-hybridized carbons (Fsp3) is 0.875. The maximum absolute atomic E-state index is 12.6. The summed E-state index contributed by atoms with van der Waals surface area (Å²) < 4.78 is 40.7. The maximum Gasteiger partial charge on any atom is 0.418 e. The van der Waals surface area contributed by atoms with Crippen LogP contribution in [-0.2, 0) is 24.3 Å². The van der Waals surface area contributed by atoms with Crippen molar-refractivity contribution in [1.82, 2.24) is 20.8 Å². The zero-order valence-electron chi connectivity index (χ0n) is 17.0. The summed E-state index contributed by atoms with van der Waals surface area (Å²) in [5, 5.41) is 13.7. The Morgan fingerprint density at radius 3 is 2.60 bits per heavy atom. The quantitative estimate of drug-likeness (QED) is 0.167. The van der Waals surface area contributed by atoms with Crippen LogP contribution in [0.3, 0.4) is 0 Å². The normalized spacial score (nSPS) is 26.1. The molecule has 1 spiro atoms. The minimum Gasteiger partial charge on any atom is -0.444 e. The minimum atomic E-state index is -4.85. The van der Waals surface area contributed by atoms with Gasteiger partial charge in [-0.2, -0.15) is 19.0 Å². The first-order valence-electron chi connectivity index (χ1n) is 9.60. The van der Waals surface area contributed by atoms with Crippen LogP contribution < -0.4 is 10.8 Å². The molecule has 2 bridgehead atoms. The van der Waals surface area contributed by atoms with E-state index in [2.05, 4.69) is 15.1 Å². The van der Waals surface area contributed by atoms with E-state index in [0.717, 1.165) is 12.8 Å². The molecule has 4 N–H and O–H groups in total. The molecule has 0 aromatic rings. The van der Waals surface area contributed by atoms with E-state index in [0.29, 0.717) is 11.5 Å². The van der Waals surface area contributed by atoms with Gasteiger partial charge in [-0.25, -0.2) is 9.59 Å². The molecule has 172 valence electrons. The van der Waals surface area contributed by atoms with Gasteiger partial charge in [-0.3, -0.25) is 9.39 Å². The first-order chi connectivity index (χ1) is 13.8. The summed E-state index contributed by atoms with van der Waals surface area (Å²) in [5.74, 6) is 0. The number of aliphatic hydroxyl groups is 1. The standard InChI is InChI=1S/C16H28N4O9S/c1-15(2,3)28-13(22)17-6-7-27-18-12(21)10-8-16(4-5-16)11-9-19(10)14(23)20(11)29-30(24,25)26/h10-12,18,21H,4-9H2,1-3H3,(H,17,22)(H,24,25,26). The van der Waals surface area contributed by atoms with Crippen molar-refractivity contribution >= 4 is 22.5 Å². The van der Waals surface area contributed by atoms with Crippen LogP contribution in [0.15, 0.2) is 0 Å². The van der Waals surface area contributed by atoms with Gasteiger partial charge in [0, 0.05) is 13.1 Å². The van der Waals surface area contributed by atoms with Gasteiger partial charge in [0.2, 0.25) is 0 Å². The number of alkyl carbamates (subject to hydrolysis) is 1. The third-order valence-electron chi connectivity index (χ3n) is 5.32. The Bertz CT molecular complexity index is 780. The molecular weight excluding hydrogens is 424 g/mol. The first kappa shape index (κ1) is 23.0. The summed E-state index contributed by atoms with van der Waals surface area (Å²) in [6.07, 6.45) is 0.0617. The Kier molecular flexibility index (Phi) is 6.19. The maximum atomic E-state index is 12.6. The number of hydrogen-bond donors (Lipinski definition) is 4. The molecule has 3 unspecified atom stereocenters. The molecule has 1 aliphatic carbocycles. The van der Waals surface area contributed by atoms with Crippen LogP contribution in [-0.4, -0.2) is 83.8 Å². The lowest BCUT2D eigenvalue weighted by atomic mass is 9.85. The van der Waals surface area contributed by atoms with E-state index in [4.69, 9.17) is 14.1 Å². The number of rotatable bonds is 8. The Morgan fingerprint density at radius 2 is 2.03 bits per heavy atom. The van der Waals surface area contributed by atoms with Crippen LogP contribution in [0.5, 0.6) is 0 Å². The van der Waals surface area contributed by atoms with Crippen molar-refractivity contribution in [2.75, 3.05) is 19.7 Å². The van der Waals surface area contributed by atoms with E-state index in [1.54, 1.807) is 20.8 Å². The molecule has 2 saturated heterocycles. The lowest BCUT2D eigenvalue weighted by Crippen LogP contribution is -2.55. The molecule has 14 heteroatoms. The summed E-state index contributed by atoms with van der Waals surface area (Å²) in [6, 6.07) is -1.95. The molecule has 3 atom stereocenters. The van der Waals surface area contributed by atoms with E-state index in [1.807, 2.05) is 0 Å². The number of carbonyl (C=O) groups excluding carboxylic acids is 2. The summed E-state index contributed by atoms with van der Waals surface area (Å²) in [6.45, 7) is 5.54. The van der Waals surface area contributed by atoms with Gasteiger partial charge in [0.1, 0.15) is 11.8 Å². The lowest BCUT2D eigenvalue weighted by Gasteiger charge is -2.38. The second-order valence-corrected chi connectivity index (χ2v) is 9.76. The number of nitrogens with zero attached hydrogens (tertiary/aromatic N) is 2. The molecule has 2 aliphatic heterocycles. The summed E-state index contributed by atoms with van der Waals surface area (Å²) >= 11 is 0. The van der Waals surface area contributed by atoms with Crippen LogP contribution in [0.4, 0.5) is 9.59 Å². The summed E-state index contributed by atoms with van der Waals surface area (Å²) in [5.41, 5.74) is 1.45. The molecular formula is C16H28N4O9S. The van der Waals surface area contributed by atoms with Crippen molar-refractivity contribution in [3.05, 3.63) is 0 Å². The van der Waals surface area contributed by atoms with Crippen molar-refractivity contribution in [2.45, 2.75) is 63.9 Å². The van der Waals surface area contributed by atoms with Gasteiger partial charge in [-0.05, 0) is 45.4 Å². The van der Waals surface area contributed by atoms with Crippen LogP contribution in [0.1, 0.15) is 40.0 Å². The Hall–Kier alpha value is -1.71. The molecule has 0 radical (unpaired) electrons. The van der Waals surface area contributed by atoms with Crippen molar-refractivity contribution in [3.63, 3.8) is 0 Å². The zero-order valence-corrected chi connectivity index (χ0v) is 17.8. The number of carbonyl (C=O) groups is 2. The van der Waals surface area contributed by atoms with E-state index in [-0.39, 0.29) is 25.1 Å². The minimum absolute atomic E-state index is 0.0305. The Labute approximate surface area is 174 Å². The van der Waals surface area contributed by atoms with Crippen LogP contribution in [0, 0.1) is 5.41 Å². The Balaban J connectivity index is 1.49. The topological polar surface area (TPSA) is 167 Å². The van der Waals surface area contributed by atoms with Gasteiger partial charge in [-0.15, -0.1) is 4.28 Å². The van der Waals surface area contributed by atoms with Gasteiger partial charge in [0.25, 0.3) is 0 Å². The van der Waals surface area contributed by atoms with Crippen molar-refractivity contribution in [2.24, 2.45) is 5.41 Å². The average molecular weight is 452 g/mol. The van der Waals surface area contributed by atoms with Crippen LogP contribution >= 0.6 is 0 Å². The number of ether oxygens (including phenoxy) is 1. The number of hydrogen-bond acceptors (Lipinski definition) is 9. The van der Waals surface area contributed by atoms with Gasteiger partial charge in [-0.1, -0.05) is 0 Å².